The molecule has 1 N–H and O–H groups in total. The van der Waals surface area contributed by atoms with Gasteiger partial charge in [0.1, 0.15) is 5.82 Å². The Morgan fingerprint density at radius 1 is 1.14 bits per heavy atom. The van der Waals surface area contributed by atoms with Gasteiger partial charge in [-0.15, -0.1) is 24.8 Å². The molecule has 166 valence electrons. The van der Waals surface area contributed by atoms with Gasteiger partial charge in [-0.2, -0.15) is 0 Å². The van der Waals surface area contributed by atoms with Crippen LogP contribution in [0, 0.1) is 0 Å². The van der Waals surface area contributed by atoms with Crippen LogP contribution < -0.4 is 5.32 Å². The van der Waals surface area contributed by atoms with Crippen LogP contribution in [-0.2, 0) is 16.6 Å². The molecule has 0 radical (unpaired) electrons. The summed E-state index contributed by atoms with van der Waals surface area (Å²) in [6, 6.07) is 0.113. The predicted octanol–water partition coefficient (Wildman–Crippen LogP) is -0.558. The van der Waals surface area contributed by atoms with Gasteiger partial charge in [0.2, 0.25) is 11.8 Å². The first-order chi connectivity index (χ1) is 13.0. The zero-order valence-corrected chi connectivity index (χ0v) is 19.0. The lowest BCUT2D eigenvalue weighted by atomic mass is 10.1. The standard InChI is InChI=1S/C18H31N7O2.2ClH/c1-21(2)16(26)13-23-8-10-24(11-9-23)17(27)14-25-7-4-19-12-15(25)18-20-5-6-22(18)3;;/h5-6,15,19H,4,7-14H2,1-3H3;2*1H. The Morgan fingerprint density at radius 2 is 1.83 bits per heavy atom. The van der Waals surface area contributed by atoms with Crippen molar-refractivity contribution in [2.45, 2.75) is 6.04 Å². The van der Waals surface area contributed by atoms with E-state index in [0.29, 0.717) is 26.2 Å². The molecule has 3 heterocycles. The number of hydrogen-bond donors (Lipinski definition) is 1. The SMILES string of the molecule is CN(C)C(=O)CN1CCN(C(=O)CN2CCNCC2c2nccn2C)CC1.Cl.Cl. The average Bonchev–Trinajstić information content (AvgIpc) is 3.08. The van der Waals surface area contributed by atoms with Gasteiger partial charge in [-0.05, 0) is 0 Å². The van der Waals surface area contributed by atoms with Crippen molar-refractivity contribution < 1.29 is 9.59 Å². The molecule has 2 aliphatic rings. The summed E-state index contributed by atoms with van der Waals surface area (Å²) >= 11 is 0. The number of carbonyl (C=O) groups excluding carboxylic acids is 2. The van der Waals surface area contributed by atoms with Gasteiger partial charge in [-0.1, -0.05) is 0 Å². The number of aryl methyl sites for hydroxylation is 1. The quantitative estimate of drug-likeness (QED) is 0.649. The fourth-order valence-electron chi connectivity index (χ4n) is 3.65. The molecule has 1 aromatic rings. The molecule has 0 bridgehead atoms. The Hall–Kier alpha value is -1.39. The number of rotatable bonds is 5. The summed E-state index contributed by atoms with van der Waals surface area (Å²) < 4.78 is 2.02. The third-order valence-electron chi connectivity index (χ3n) is 5.43. The molecule has 1 atom stereocenters. The smallest absolute Gasteiger partial charge is 0.236 e. The summed E-state index contributed by atoms with van der Waals surface area (Å²) in [7, 11) is 5.53. The van der Waals surface area contributed by atoms with E-state index < -0.39 is 0 Å². The molecule has 1 aromatic heterocycles. The minimum Gasteiger partial charge on any atom is -0.348 e. The molecule has 2 amide bonds. The molecule has 0 saturated carbocycles. The number of nitrogens with one attached hydrogen (secondary N) is 1. The second-order valence-corrected chi connectivity index (χ2v) is 7.53. The zero-order valence-electron chi connectivity index (χ0n) is 17.4. The fraction of sp³-hybridized carbons (Fsp3) is 0.722. The van der Waals surface area contributed by atoms with Crippen LogP contribution in [0.3, 0.4) is 0 Å². The number of amides is 2. The van der Waals surface area contributed by atoms with Crippen LogP contribution in [0.1, 0.15) is 11.9 Å². The topological polar surface area (TPSA) is 77.0 Å². The molecule has 0 aliphatic carbocycles. The van der Waals surface area contributed by atoms with Crippen molar-refractivity contribution in [3.8, 4) is 0 Å². The minimum atomic E-state index is 0. The van der Waals surface area contributed by atoms with Crippen molar-refractivity contribution in [2.75, 3.05) is 73.0 Å². The van der Waals surface area contributed by atoms with E-state index in [1.165, 1.54) is 0 Å². The number of halogens is 2. The van der Waals surface area contributed by atoms with Crippen molar-refractivity contribution in [3.63, 3.8) is 0 Å². The second kappa shape index (κ2) is 11.7. The van der Waals surface area contributed by atoms with Crippen LogP contribution in [0.15, 0.2) is 12.4 Å². The normalized spacial score (nSPS) is 20.5. The molecule has 2 fully saturated rings. The first kappa shape index (κ1) is 25.6. The van der Waals surface area contributed by atoms with E-state index in [0.717, 1.165) is 38.5 Å². The summed E-state index contributed by atoms with van der Waals surface area (Å²) in [5, 5.41) is 3.40. The largest absolute Gasteiger partial charge is 0.348 e. The first-order valence-corrected chi connectivity index (χ1v) is 9.58. The Kier molecular flexibility index (Phi) is 10.4. The maximum Gasteiger partial charge on any atom is 0.236 e. The molecule has 3 rings (SSSR count). The third-order valence-corrected chi connectivity index (χ3v) is 5.43. The second-order valence-electron chi connectivity index (χ2n) is 7.53. The van der Waals surface area contributed by atoms with Crippen molar-refractivity contribution in [1.82, 2.24) is 34.5 Å². The van der Waals surface area contributed by atoms with Gasteiger partial charge in [-0.25, -0.2) is 4.98 Å². The number of aromatic nitrogens is 2. The van der Waals surface area contributed by atoms with E-state index in [1.54, 1.807) is 25.2 Å². The van der Waals surface area contributed by atoms with Crippen LogP contribution in [0.2, 0.25) is 0 Å². The van der Waals surface area contributed by atoms with Crippen molar-refractivity contribution in [3.05, 3.63) is 18.2 Å². The Bertz CT molecular complexity index is 662. The van der Waals surface area contributed by atoms with E-state index in [-0.39, 0.29) is 42.7 Å². The van der Waals surface area contributed by atoms with Gasteiger partial charge in [0.15, 0.2) is 0 Å². The summed E-state index contributed by atoms with van der Waals surface area (Å²) in [5.41, 5.74) is 0. The Labute approximate surface area is 185 Å². The molecule has 9 nitrogen and oxygen atoms in total. The highest BCUT2D eigenvalue weighted by Crippen LogP contribution is 2.20. The Balaban J connectivity index is 0.00000210. The lowest BCUT2D eigenvalue weighted by Crippen LogP contribution is -2.55. The summed E-state index contributed by atoms with van der Waals surface area (Å²) in [6.07, 6.45) is 3.75. The van der Waals surface area contributed by atoms with E-state index in [1.807, 2.05) is 22.7 Å². The first-order valence-electron chi connectivity index (χ1n) is 9.58. The van der Waals surface area contributed by atoms with Crippen LogP contribution in [0.25, 0.3) is 0 Å². The molecule has 29 heavy (non-hydrogen) atoms. The van der Waals surface area contributed by atoms with E-state index in [2.05, 4.69) is 20.1 Å². The number of nitrogens with zero attached hydrogens (tertiary/aromatic N) is 6. The number of imidazole rings is 1. The van der Waals surface area contributed by atoms with Crippen molar-refractivity contribution >= 4 is 36.6 Å². The van der Waals surface area contributed by atoms with Crippen LogP contribution in [0.5, 0.6) is 0 Å². The highest BCUT2D eigenvalue weighted by Gasteiger charge is 2.30. The summed E-state index contributed by atoms with van der Waals surface area (Å²) in [4.78, 5) is 37.0. The minimum absolute atomic E-state index is 0. The van der Waals surface area contributed by atoms with Crippen molar-refractivity contribution in [1.29, 1.82) is 0 Å². The molecule has 11 heteroatoms. The third kappa shape index (κ3) is 6.55. The maximum atomic E-state index is 12.8. The lowest BCUT2D eigenvalue weighted by molar-refractivity contribution is -0.136. The Morgan fingerprint density at radius 3 is 2.41 bits per heavy atom. The monoisotopic (exact) mass is 449 g/mol. The van der Waals surface area contributed by atoms with Gasteiger partial charge in [-0.3, -0.25) is 19.4 Å². The number of carbonyl (C=O) groups is 2. The molecular formula is C18H33Cl2N7O2. The van der Waals surface area contributed by atoms with Crippen LogP contribution >= 0.6 is 24.8 Å². The summed E-state index contributed by atoms with van der Waals surface area (Å²) in [6.45, 7) is 6.21. The van der Waals surface area contributed by atoms with Gasteiger partial charge in [0.05, 0.1) is 19.1 Å². The van der Waals surface area contributed by atoms with Gasteiger partial charge in [0, 0.05) is 79.3 Å². The van der Waals surface area contributed by atoms with Crippen LogP contribution in [0.4, 0.5) is 0 Å². The lowest BCUT2D eigenvalue weighted by Gasteiger charge is -2.38. The fourth-order valence-corrected chi connectivity index (χ4v) is 3.65. The maximum absolute atomic E-state index is 12.8. The molecule has 2 saturated heterocycles. The zero-order chi connectivity index (χ0) is 19.4. The summed E-state index contributed by atoms with van der Waals surface area (Å²) in [5.74, 6) is 1.25. The number of likely N-dealkylation sites (N-methyl/N-ethyl adjacent to an activating group) is 1. The van der Waals surface area contributed by atoms with Gasteiger partial charge in [0.25, 0.3) is 0 Å². The van der Waals surface area contributed by atoms with E-state index >= 15 is 0 Å². The van der Waals surface area contributed by atoms with Crippen LogP contribution in [-0.4, -0.2) is 114 Å². The molecule has 0 aromatic carbocycles. The van der Waals surface area contributed by atoms with Gasteiger partial charge < -0.3 is 19.7 Å². The molecule has 0 spiro atoms. The predicted molar refractivity (Wildman–Crippen MR) is 117 cm³/mol. The number of hydrogen-bond acceptors (Lipinski definition) is 6. The molecular weight excluding hydrogens is 417 g/mol. The van der Waals surface area contributed by atoms with E-state index in [9.17, 15) is 9.59 Å². The highest BCUT2D eigenvalue weighted by molar-refractivity contribution is 5.85. The van der Waals surface area contributed by atoms with E-state index in [4.69, 9.17) is 0 Å². The molecule has 2 aliphatic heterocycles. The molecule has 1 unspecified atom stereocenters. The van der Waals surface area contributed by atoms with Gasteiger partial charge >= 0.3 is 0 Å². The average molecular weight is 450 g/mol. The van der Waals surface area contributed by atoms with Crippen molar-refractivity contribution in [2.24, 2.45) is 7.05 Å². The number of piperazine rings is 2. The highest BCUT2D eigenvalue weighted by atomic mass is 35.5.